The largest absolute Gasteiger partial charge is 0.325 e. The lowest BCUT2D eigenvalue weighted by Crippen LogP contribution is -2.02. The van der Waals surface area contributed by atoms with Crippen LogP contribution in [0.25, 0.3) is 5.65 Å². The van der Waals surface area contributed by atoms with Crippen LogP contribution in [0.2, 0.25) is 0 Å². The van der Waals surface area contributed by atoms with Crippen LogP contribution in [0.5, 0.6) is 0 Å². The molecule has 0 unspecified atom stereocenters. The van der Waals surface area contributed by atoms with E-state index in [-0.39, 0.29) is 0 Å². The van der Waals surface area contributed by atoms with E-state index in [9.17, 15) is 0 Å². The Balaban J connectivity index is 2.79. The number of nitrogens with two attached hydrogens (primary N) is 1. The second kappa shape index (κ2) is 2.32. The zero-order valence-corrected chi connectivity index (χ0v) is 5.94. The number of pyridine rings is 1. The van der Waals surface area contributed by atoms with E-state index in [4.69, 9.17) is 5.73 Å². The van der Waals surface area contributed by atoms with Gasteiger partial charge in [0.05, 0.1) is 0 Å². The quantitative estimate of drug-likeness (QED) is 0.628. The van der Waals surface area contributed by atoms with Crippen molar-refractivity contribution in [2.24, 2.45) is 5.73 Å². The molecule has 4 heteroatoms. The average Bonchev–Trinajstić information content (AvgIpc) is 2.50. The van der Waals surface area contributed by atoms with Crippen LogP contribution in [0.3, 0.4) is 0 Å². The summed E-state index contributed by atoms with van der Waals surface area (Å²) in [7, 11) is 0. The number of hydrogen-bond donors (Lipinski definition) is 1. The summed E-state index contributed by atoms with van der Waals surface area (Å²) in [6.07, 6.45) is 1.66. The minimum Gasteiger partial charge on any atom is -0.325 e. The molecule has 2 aromatic heterocycles. The van der Waals surface area contributed by atoms with Gasteiger partial charge in [0, 0.05) is 12.2 Å². The highest BCUT2D eigenvalue weighted by atomic mass is 15.2. The normalized spacial score (nSPS) is 10.6. The Morgan fingerprint density at radius 2 is 2.36 bits per heavy atom. The molecule has 4 nitrogen and oxygen atoms in total. The molecule has 0 aliphatic heterocycles. The van der Waals surface area contributed by atoms with Crippen LogP contribution in [0.1, 0.15) is 5.69 Å². The maximum Gasteiger partial charge on any atom is 0.160 e. The minimum atomic E-state index is 0.509. The second-order valence-corrected chi connectivity index (χ2v) is 2.28. The number of aromatic nitrogens is 3. The van der Waals surface area contributed by atoms with Gasteiger partial charge in [-0.2, -0.15) is 0 Å². The molecule has 2 rings (SSSR count). The lowest BCUT2D eigenvalue weighted by molar-refractivity contribution is 0.941. The Bertz CT molecular complexity index is 365. The fraction of sp³-hybridized carbons (Fsp3) is 0.143. The van der Waals surface area contributed by atoms with Crippen molar-refractivity contribution in [2.45, 2.75) is 6.54 Å². The number of nitrogens with zero attached hydrogens (tertiary/aromatic N) is 3. The summed E-state index contributed by atoms with van der Waals surface area (Å²) in [4.78, 5) is 0. The van der Waals surface area contributed by atoms with Gasteiger partial charge in [-0.05, 0) is 12.1 Å². The summed E-state index contributed by atoms with van der Waals surface area (Å²) in [6, 6.07) is 5.77. The van der Waals surface area contributed by atoms with Crippen LogP contribution in [0.15, 0.2) is 24.5 Å². The SMILES string of the molecule is NCc1cccc2nncn12. The molecule has 0 aromatic carbocycles. The Morgan fingerprint density at radius 1 is 1.45 bits per heavy atom. The van der Waals surface area contributed by atoms with Gasteiger partial charge in [0.1, 0.15) is 6.33 Å². The highest BCUT2D eigenvalue weighted by molar-refractivity contribution is 5.37. The molecule has 56 valence electrons. The Morgan fingerprint density at radius 3 is 3.18 bits per heavy atom. The summed E-state index contributed by atoms with van der Waals surface area (Å²) in [5.74, 6) is 0. The van der Waals surface area contributed by atoms with Gasteiger partial charge in [-0.25, -0.2) is 0 Å². The Kier molecular flexibility index (Phi) is 1.33. The first-order chi connectivity index (χ1) is 5.42. The van der Waals surface area contributed by atoms with E-state index < -0.39 is 0 Å². The fourth-order valence-electron chi connectivity index (χ4n) is 1.07. The monoisotopic (exact) mass is 148 g/mol. The number of hydrogen-bond acceptors (Lipinski definition) is 3. The van der Waals surface area contributed by atoms with E-state index in [1.54, 1.807) is 6.33 Å². The number of fused-ring (bicyclic) bond motifs is 1. The molecular weight excluding hydrogens is 140 g/mol. The smallest absolute Gasteiger partial charge is 0.160 e. The third-order valence-corrected chi connectivity index (χ3v) is 1.63. The van der Waals surface area contributed by atoms with Crippen molar-refractivity contribution in [1.82, 2.24) is 14.6 Å². The molecule has 0 fully saturated rings. The standard InChI is InChI=1S/C7H8N4/c8-4-6-2-1-3-7-10-9-5-11(6)7/h1-3,5H,4,8H2. The molecule has 2 heterocycles. The molecular formula is C7H8N4. The number of rotatable bonds is 1. The van der Waals surface area contributed by atoms with Crippen molar-refractivity contribution >= 4 is 5.65 Å². The molecule has 0 spiro atoms. The third kappa shape index (κ3) is 0.877. The van der Waals surface area contributed by atoms with Crippen molar-refractivity contribution in [1.29, 1.82) is 0 Å². The minimum absolute atomic E-state index is 0.509. The van der Waals surface area contributed by atoms with Crippen molar-refractivity contribution in [3.05, 3.63) is 30.2 Å². The van der Waals surface area contributed by atoms with Gasteiger partial charge < -0.3 is 5.73 Å². The van der Waals surface area contributed by atoms with Gasteiger partial charge in [-0.3, -0.25) is 4.40 Å². The topological polar surface area (TPSA) is 56.2 Å². The molecule has 0 saturated carbocycles. The average molecular weight is 148 g/mol. The molecule has 0 bridgehead atoms. The van der Waals surface area contributed by atoms with Crippen molar-refractivity contribution in [2.75, 3.05) is 0 Å². The second-order valence-electron chi connectivity index (χ2n) is 2.28. The van der Waals surface area contributed by atoms with Crippen LogP contribution in [-0.2, 0) is 6.54 Å². The lowest BCUT2D eigenvalue weighted by Gasteiger charge is -1.98. The summed E-state index contributed by atoms with van der Waals surface area (Å²) in [5.41, 5.74) is 7.36. The van der Waals surface area contributed by atoms with Crippen molar-refractivity contribution in [3.8, 4) is 0 Å². The highest BCUT2D eigenvalue weighted by Gasteiger charge is 1.97. The molecule has 0 aliphatic rings. The van der Waals surface area contributed by atoms with E-state index >= 15 is 0 Å². The molecule has 0 saturated heterocycles. The first-order valence-corrected chi connectivity index (χ1v) is 3.39. The van der Waals surface area contributed by atoms with Crippen molar-refractivity contribution < 1.29 is 0 Å². The van der Waals surface area contributed by atoms with Gasteiger partial charge in [0.15, 0.2) is 5.65 Å². The third-order valence-electron chi connectivity index (χ3n) is 1.63. The first kappa shape index (κ1) is 6.30. The van der Waals surface area contributed by atoms with Crippen molar-refractivity contribution in [3.63, 3.8) is 0 Å². The van der Waals surface area contributed by atoms with Gasteiger partial charge in [-0.1, -0.05) is 6.07 Å². The predicted octanol–water partition coefficient (Wildman–Crippen LogP) is 0.188. The van der Waals surface area contributed by atoms with Gasteiger partial charge in [-0.15, -0.1) is 10.2 Å². The molecule has 0 amide bonds. The van der Waals surface area contributed by atoms with E-state index in [1.807, 2.05) is 22.6 Å². The van der Waals surface area contributed by atoms with E-state index in [0.717, 1.165) is 11.3 Å². The van der Waals surface area contributed by atoms with Crippen LogP contribution in [0, 0.1) is 0 Å². The zero-order chi connectivity index (χ0) is 7.68. The van der Waals surface area contributed by atoms with Crippen LogP contribution in [-0.4, -0.2) is 14.6 Å². The van der Waals surface area contributed by atoms with Crippen LogP contribution >= 0.6 is 0 Å². The lowest BCUT2D eigenvalue weighted by atomic mass is 10.3. The molecule has 2 aromatic rings. The van der Waals surface area contributed by atoms with E-state index in [0.29, 0.717) is 6.54 Å². The summed E-state index contributed by atoms with van der Waals surface area (Å²) in [6.45, 7) is 0.509. The van der Waals surface area contributed by atoms with Gasteiger partial charge >= 0.3 is 0 Å². The van der Waals surface area contributed by atoms with Crippen LogP contribution in [0.4, 0.5) is 0 Å². The Labute approximate surface area is 63.7 Å². The maximum atomic E-state index is 5.50. The van der Waals surface area contributed by atoms with E-state index in [1.165, 1.54) is 0 Å². The molecule has 0 radical (unpaired) electrons. The molecule has 0 aliphatic carbocycles. The van der Waals surface area contributed by atoms with Gasteiger partial charge in [0.2, 0.25) is 0 Å². The molecule has 0 atom stereocenters. The predicted molar refractivity (Wildman–Crippen MR) is 40.9 cm³/mol. The van der Waals surface area contributed by atoms with Crippen LogP contribution < -0.4 is 5.73 Å². The summed E-state index contributed by atoms with van der Waals surface area (Å²) < 4.78 is 1.88. The molecule has 2 N–H and O–H groups in total. The summed E-state index contributed by atoms with van der Waals surface area (Å²) in [5, 5.41) is 7.65. The van der Waals surface area contributed by atoms with Gasteiger partial charge in [0.25, 0.3) is 0 Å². The molecule has 11 heavy (non-hydrogen) atoms. The summed E-state index contributed by atoms with van der Waals surface area (Å²) >= 11 is 0. The van der Waals surface area contributed by atoms with E-state index in [2.05, 4.69) is 10.2 Å². The maximum absolute atomic E-state index is 5.50. The highest BCUT2D eigenvalue weighted by Crippen LogP contribution is 2.02. The first-order valence-electron chi connectivity index (χ1n) is 3.39. The zero-order valence-electron chi connectivity index (χ0n) is 5.94. The fourth-order valence-corrected chi connectivity index (χ4v) is 1.07. The Hall–Kier alpha value is -1.42.